The fraction of sp³-hybridized carbons (Fsp3) is 0.472. The number of fused-ring (bicyclic) bond motifs is 1. The molecule has 1 unspecified atom stereocenters. The maximum atomic E-state index is 14.3. The molecule has 0 bridgehead atoms. The molecule has 5 heterocycles. The first-order valence-corrected chi connectivity index (χ1v) is 16.5. The van der Waals surface area contributed by atoms with Gasteiger partial charge < -0.3 is 25.4 Å². The van der Waals surface area contributed by atoms with Crippen molar-refractivity contribution in [3.8, 4) is 0 Å². The van der Waals surface area contributed by atoms with Gasteiger partial charge in [0.15, 0.2) is 5.43 Å². The van der Waals surface area contributed by atoms with Crippen molar-refractivity contribution >= 4 is 34.8 Å². The molecule has 244 valence electrons. The Morgan fingerprint density at radius 3 is 2.59 bits per heavy atom. The number of rotatable bonds is 9. The topological polar surface area (TPSA) is 92.3 Å². The fourth-order valence-corrected chi connectivity index (χ4v) is 7.36. The van der Waals surface area contributed by atoms with Gasteiger partial charge in [0, 0.05) is 73.3 Å². The van der Waals surface area contributed by atoms with Crippen molar-refractivity contribution < 1.29 is 4.39 Å². The summed E-state index contributed by atoms with van der Waals surface area (Å²) in [4.78, 5) is 28.1. The van der Waals surface area contributed by atoms with Gasteiger partial charge in [0.2, 0.25) is 0 Å². The van der Waals surface area contributed by atoms with Crippen LogP contribution in [0.15, 0.2) is 59.7 Å². The van der Waals surface area contributed by atoms with Gasteiger partial charge in [-0.3, -0.25) is 9.78 Å². The van der Waals surface area contributed by atoms with Gasteiger partial charge in [-0.2, -0.15) is 0 Å². The molecular weight excluding hydrogens is 601 g/mol. The lowest BCUT2D eigenvalue weighted by Gasteiger charge is -2.39. The number of piperidine rings is 1. The molecule has 7 rings (SSSR count). The molecule has 2 aliphatic heterocycles. The summed E-state index contributed by atoms with van der Waals surface area (Å²) in [7, 11) is 0. The van der Waals surface area contributed by atoms with Gasteiger partial charge in [0.25, 0.3) is 0 Å². The predicted octanol–water partition coefficient (Wildman–Crippen LogP) is 5.84. The van der Waals surface area contributed by atoms with Crippen LogP contribution in [-0.2, 0) is 6.54 Å². The van der Waals surface area contributed by atoms with Gasteiger partial charge in [0.05, 0.1) is 17.4 Å². The van der Waals surface area contributed by atoms with Gasteiger partial charge in [-0.05, 0) is 112 Å². The smallest absolute Gasteiger partial charge is 0.193 e. The van der Waals surface area contributed by atoms with E-state index in [9.17, 15) is 9.18 Å². The van der Waals surface area contributed by atoms with E-state index in [-0.39, 0.29) is 29.7 Å². The molecule has 10 heteroatoms. The summed E-state index contributed by atoms with van der Waals surface area (Å²) in [5, 5.41) is 4.32. The molecule has 0 spiro atoms. The molecule has 2 saturated heterocycles. The number of nitrogens with zero attached hydrogens (tertiary/aromatic N) is 5. The van der Waals surface area contributed by atoms with E-state index in [1.54, 1.807) is 6.07 Å². The largest absolute Gasteiger partial charge is 0.370 e. The minimum absolute atomic E-state index is 0. The summed E-state index contributed by atoms with van der Waals surface area (Å²) < 4.78 is 16.5. The monoisotopic (exact) mass is 645 g/mol. The number of aryl methyl sites for hydroxylation is 2. The van der Waals surface area contributed by atoms with Crippen LogP contribution >= 0.6 is 12.4 Å². The van der Waals surface area contributed by atoms with Crippen molar-refractivity contribution in [3.63, 3.8) is 0 Å². The summed E-state index contributed by atoms with van der Waals surface area (Å²) >= 11 is 0. The molecule has 3 aromatic heterocycles. The third-order valence-electron chi connectivity index (χ3n) is 9.98. The third-order valence-corrected chi connectivity index (χ3v) is 9.98. The number of anilines is 2. The molecule has 3 aliphatic rings. The minimum Gasteiger partial charge on any atom is -0.370 e. The number of nitrogens with two attached hydrogens (primary N) is 1. The Bertz CT molecular complexity index is 1740. The molecular formula is C36H45ClFN7O. The van der Waals surface area contributed by atoms with Crippen LogP contribution in [0.25, 0.3) is 10.9 Å². The summed E-state index contributed by atoms with van der Waals surface area (Å²) in [6.45, 7) is 8.94. The van der Waals surface area contributed by atoms with Crippen LogP contribution in [0.1, 0.15) is 66.7 Å². The molecule has 0 radical (unpaired) electrons. The normalized spacial score (nSPS) is 20.6. The highest BCUT2D eigenvalue weighted by Gasteiger charge is 2.31. The van der Waals surface area contributed by atoms with Gasteiger partial charge in [-0.15, -0.1) is 12.4 Å². The average molecular weight is 646 g/mol. The van der Waals surface area contributed by atoms with Crippen LogP contribution in [0, 0.1) is 31.5 Å². The number of hydrogen-bond donors (Lipinski definition) is 2. The Labute approximate surface area is 276 Å². The zero-order chi connectivity index (χ0) is 31.1. The molecule has 0 amide bonds. The second-order valence-electron chi connectivity index (χ2n) is 13.4. The van der Waals surface area contributed by atoms with Crippen molar-refractivity contribution in [2.24, 2.45) is 17.6 Å². The first-order chi connectivity index (χ1) is 21.9. The Hall–Kier alpha value is -3.53. The number of halogens is 2. The lowest BCUT2D eigenvalue weighted by Crippen LogP contribution is -2.42. The highest BCUT2D eigenvalue weighted by atomic mass is 35.5. The number of hydrogen-bond acceptors (Lipinski definition) is 7. The fourth-order valence-electron chi connectivity index (χ4n) is 7.36. The Morgan fingerprint density at radius 1 is 1.00 bits per heavy atom. The van der Waals surface area contributed by atoms with E-state index in [0.29, 0.717) is 41.9 Å². The quantitative estimate of drug-likeness (QED) is 0.236. The zero-order valence-electron chi connectivity index (χ0n) is 26.8. The standard InChI is InChI=1S/C36H44FN7O.ClH/c1-23-5-7-31(19-39-23)42-12-3-4-26(21-42)35(27-14-24(2)41-34(15-27)43-13-11-25(17-38)20-43)40-18-28-22-44(30-8-9-30)33-10-6-29(37)16-32(33)36(28)45;/h5-7,10,14-16,19,22,25-26,30,35,40H,3-4,8-9,11-13,17-18,20-21,38H2,1-2H3;1H/t25-,26-,35?;/m0./s1. The lowest BCUT2D eigenvalue weighted by molar-refractivity contribution is 0.307. The molecule has 3 atom stereocenters. The van der Waals surface area contributed by atoms with Crippen LogP contribution in [0.5, 0.6) is 0 Å². The second-order valence-corrected chi connectivity index (χ2v) is 13.4. The molecule has 1 aromatic carbocycles. The zero-order valence-corrected chi connectivity index (χ0v) is 27.6. The molecule has 3 N–H and O–H groups in total. The van der Waals surface area contributed by atoms with E-state index in [4.69, 9.17) is 10.7 Å². The minimum atomic E-state index is -0.378. The summed E-state index contributed by atoms with van der Waals surface area (Å²) in [6.07, 6.45) is 9.37. The van der Waals surface area contributed by atoms with Crippen LogP contribution in [0.3, 0.4) is 0 Å². The number of nitrogens with one attached hydrogen (secondary N) is 1. The molecule has 46 heavy (non-hydrogen) atoms. The summed E-state index contributed by atoms with van der Waals surface area (Å²) in [6, 6.07) is 13.6. The molecule has 3 fully saturated rings. The highest BCUT2D eigenvalue weighted by Crippen LogP contribution is 2.38. The summed E-state index contributed by atoms with van der Waals surface area (Å²) in [5.41, 5.74) is 11.7. The van der Waals surface area contributed by atoms with E-state index >= 15 is 0 Å². The molecule has 1 aliphatic carbocycles. The van der Waals surface area contributed by atoms with E-state index in [0.717, 1.165) is 86.7 Å². The van der Waals surface area contributed by atoms with E-state index in [1.165, 1.54) is 17.7 Å². The summed E-state index contributed by atoms with van der Waals surface area (Å²) in [5.74, 6) is 1.41. The van der Waals surface area contributed by atoms with Crippen molar-refractivity contribution in [2.45, 2.75) is 64.6 Å². The average Bonchev–Trinajstić information content (AvgIpc) is 3.78. The number of aromatic nitrogens is 3. The van der Waals surface area contributed by atoms with Crippen molar-refractivity contribution in [2.75, 3.05) is 42.5 Å². The van der Waals surface area contributed by atoms with Crippen molar-refractivity contribution in [1.82, 2.24) is 19.9 Å². The molecule has 1 saturated carbocycles. The number of pyridine rings is 3. The maximum absolute atomic E-state index is 14.3. The maximum Gasteiger partial charge on any atom is 0.193 e. The van der Waals surface area contributed by atoms with Gasteiger partial charge in [-0.25, -0.2) is 9.37 Å². The number of benzene rings is 1. The van der Waals surface area contributed by atoms with E-state index in [2.05, 4.69) is 55.9 Å². The Kier molecular flexibility index (Phi) is 9.64. The van der Waals surface area contributed by atoms with Crippen molar-refractivity contribution in [1.29, 1.82) is 0 Å². The highest BCUT2D eigenvalue weighted by molar-refractivity contribution is 5.85. The first kappa shape index (κ1) is 32.4. The van der Waals surface area contributed by atoms with E-state index < -0.39 is 0 Å². The predicted molar refractivity (Wildman–Crippen MR) is 186 cm³/mol. The third kappa shape index (κ3) is 6.77. The van der Waals surface area contributed by atoms with Gasteiger partial charge in [-0.1, -0.05) is 0 Å². The Balaban J connectivity index is 0.00000372. The van der Waals surface area contributed by atoms with Crippen LogP contribution < -0.4 is 26.3 Å². The van der Waals surface area contributed by atoms with Gasteiger partial charge >= 0.3 is 0 Å². The second kappa shape index (κ2) is 13.7. The lowest BCUT2D eigenvalue weighted by atomic mass is 9.86. The molecule has 8 nitrogen and oxygen atoms in total. The van der Waals surface area contributed by atoms with Gasteiger partial charge in [0.1, 0.15) is 11.6 Å². The van der Waals surface area contributed by atoms with Crippen LogP contribution in [0.4, 0.5) is 15.9 Å². The first-order valence-electron chi connectivity index (χ1n) is 16.5. The Morgan fingerprint density at radius 2 is 1.85 bits per heavy atom. The van der Waals surface area contributed by atoms with Crippen LogP contribution in [0.2, 0.25) is 0 Å². The SMILES string of the molecule is Cc1ccc(N2CCC[C@H](C(NCc3cn(C4CC4)c4ccc(F)cc4c3=O)c3cc(C)nc(N4CC[C@@H](CN)C4)c3)C2)cn1.Cl. The van der Waals surface area contributed by atoms with E-state index in [1.807, 2.05) is 19.3 Å². The van der Waals surface area contributed by atoms with Crippen LogP contribution in [-0.4, -0.2) is 47.3 Å². The van der Waals surface area contributed by atoms with Crippen molar-refractivity contribution in [3.05, 3.63) is 93.4 Å². The molecule has 4 aromatic rings.